The fourth-order valence-electron chi connectivity index (χ4n) is 1.67. The van der Waals surface area contributed by atoms with Crippen LogP contribution in [0.4, 0.5) is 0 Å². The molecule has 0 aromatic heterocycles. The van der Waals surface area contributed by atoms with Crippen molar-refractivity contribution in [1.29, 1.82) is 0 Å². The highest BCUT2D eigenvalue weighted by atomic mass is 32.2. The molecule has 1 rings (SSSR count). The number of aliphatic carboxylic acids is 1. The fraction of sp³-hybridized carbons (Fsp3) is 0.462. The molecule has 0 aliphatic carbocycles. The lowest BCUT2D eigenvalue weighted by Crippen LogP contribution is -2.45. The Hall–Kier alpha value is -1.40. The van der Waals surface area contributed by atoms with Crippen LogP contribution in [0, 0.1) is 5.92 Å². The maximum atomic E-state index is 12.0. The van der Waals surface area contributed by atoms with Gasteiger partial charge >= 0.3 is 5.97 Å². The second kappa shape index (κ2) is 6.68. The van der Waals surface area contributed by atoms with Crippen molar-refractivity contribution in [3.05, 3.63) is 35.9 Å². The van der Waals surface area contributed by atoms with E-state index in [9.17, 15) is 13.2 Å². The summed E-state index contributed by atoms with van der Waals surface area (Å²) in [6.07, 6.45) is 0.588. The molecule has 106 valence electrons. The molecule has 0 spiro atoms. The van der Waals surface area contributed by atoms with Crippen molar-refractivity contribution < 1.29 is 18.3 Å². The van der Waals surface area contributed by atoms with Crippen molar-refractivity contribution in [3.8, 4) is 0 Å². The van der Waals surface area contributed by atoms with E-state index in [4.69, 9.17) is 5.11 Å². The van der Waals surface area contributed by atoms with Gasteiger partial charge in [0, 0.05) is 0 Å². The zero-order valence-electron chi connectivity index (χ0n) is 11.0. The summed E-state index contributed by atoms with van der Waals surface area (Å²) >= 11 is 0. The Labute approximate surface area is 113 Å². The van der Waals surface area contributed by atoms with Crippen molar-refractivity contribution in [2.45, 2.75) is 32.1 Å². The second-order valence-electron chi connectivity index (χ2n) is 4.56. The molecule has 6 heteroatoms. The summed E-state index contributed by atoms with van der Waals surface area (Å²) in [5, 5.41) is 9.08. The molecular weight excluding hydrogens is 266 g/mol. The highest BCUT2D eigenvalue weighted by Gasteiger charge is 2.28. The van der Waals surface area contributed by atoms with Crippen LogP contribution in [0.15, 0.2) is 30.3 Å². The van der Waals surface area contributed by atoms with Gasteiger partial charge in [0.1, 0.15) is 6.04 Å². The Bertz CT molecular complexity index is 513. The van der Waals surface area contributed by atoms with Crippen molar-refractivity contribution in [2.75, 3.05) is 0 Å². The molecule has 2 atom stereocenters. The Morgan fingerprint density at radius 2 is 1.89 bits per heavy atom. The Morgan fingerprint density at radius 3 is 2.37 bits per heavy atom. The first kappa shape index (κ1) is 15.7. The molecule has 0 fully saturated rings. The van der Waals surface area contributed by atoms with Crippen LogP contribution in [-0.4, -0.2) is 25.5 Å². The summed E-state index contributed by atoms with van der Waals surface area (Å²) in [7, 11) is -3.66. The van der Waals surface area contributed by atoms with Gasteiger partial charge in [-0.25, -0.2) is 13.1 Å². The average Bonchev–Trinajstić information content (AvgIpc) is 2.35. The first-order chi connectivity index (χ1) is 8.85. The predicted octanol–water partition coefficient (Wildman–Crippen LogP) is 1.61. The molecule has 1 aromatic carbocycles. The normalized spacial score (nSPS) is 14.8. The van der Waals surface area contributed by atoms with Crippen LogP contribution in [0.2, 0.25) is 0 Å². The Balaban J connectivity index is 2.80. The lowest BCUT2D eigenvalue weighted by molar-refractivity contribution is -0.140. The summed E-state index contributed by atoms with van der Waals surface area (Å²) in [4.78, 5) is 11.1. The minimum Gasteiger partial charge on any atom is -0.480 e. The molecule has 2 N–H and O–H groups in total. The molecule has 1 unspecified atom stereocenters. The van der Waals surface area contributed by atoms with Crippen LogP contribution >= 0.6 is 0 Å². The smallest absolute Gasteiger partial charge is 0.322 e. The second-order valence-corrected chi connectivity index (χ2v) is 6.32. The third-order valence-electron chi connectivity index (χ3n) is 2.99. The standard InChI is InChI=1S/C13H19NO4S/c1-3-10(2)12(13(15)16)14-19(17,18)9-11-7-5-4-6-8-11/h4-8,10,12,14H,3,9H2,1-2H3,(H,15,16)/t10?,12-/m0/s1. The lowest BCUT2D eigenvalue weighted by Gasteiger charge is -2.20. The summed E-state index contributed by atoms with van der Waals surface area (Å²) < 4.78 is 26.2. The van der Waals surface area contributed by atoms with Crippen molar-refractivity contribution in [1.82, 2.24) is 4.72 Å². The number of carboxylic acid groups (broad SMARTS) is 1. The fourth-order valence-corrected chi connectivity index (χ4v) is 3.11. The number of carbonyl (C=O) groups is 1. The van der Waals surface area contributed by atoms with E-state index in [0.29, 0.717) is 12.0 Å². The Kier molecular flexibility index (Phi) is 5.50. The van der Waals surface area contributed by atoms with E-state index in [0.717, 1.165) is 0 Å². The van der Waals surface area contributed by atoms with Gasteiger partial charge in [-0.1, -0.05) is 50.6 Å². The van der Waals surface area contributed by atoms with Crippen molar-refractivity contribution >= 4 is 16.0 Å². The SMILES string of the molecule is CCC(C)[C@H](NS(=O)(=O)Cc1ccccc1)C(=O)O. The molecule has 0 aliphatic rings. The summed E-state index contributed by atoms with van der Waals surface area (Å²) in [6.45, 7) is 3.54. The van der Waals surface area contributed by atoms with Gasteiger partial charge in [-0.3, -0.25) is 4.79 Å². The topological polar surface area (TPSA) is 83.5 Å². The number of sulfonamides is 1. The quantitative estimate of drug-likeness (QED) is 0.797. The number of carboxylic acids is 1. The molecule has 0 heterocycles. The molecule has 5 nitrogen and oxygen atoms in total. The first-order valence-electron chi connectivity index (χ1n) is 6.12. The van der Waals surface area contributed by atoms with Crippen LogP contribution in [0.5, 0.6) is 0 Å². The van der Waals surface area contributed by atoms with Gasteiger partial charge in [0.15, 0.2) is 0 Å². The highest BCUT2D eigenvalue weighted by molar-refractivity contribution is 7.88. The largest absolute Gasteiger partial charge is 0.480 e. The summed E-state index contributed by atoms with van der Waals surface area (Å²) in [5.74, 6) is -1.62. The van der Waals surface area contributed by atoms with Gasteiger partial charge in [-0.05, 0) is 11.5 Å². The number of nitrogens with one attached hydrogen (secondary N) is 1. The van der Waals surface area contributed by atoms with Gasteiger partial charge in [0.05, 0.1) is 5.75 Å². The van der Waals surface area contributed by atoms with Gasteiger partial charge in [-0.2, -0.15) is 0 Å². The molecular formula is C13H19NO4S. The maximum Gasteiger partial charge on any atom is 0.322 e. The van der Waals surface area contributed by atoms with Crippen molar-refractivity contribution in [3.63, 3.8) is 0 Å². The average molecular weight is 285 g/mol. The van der Waals surface area contributed by atoms with Crippen LogP contribution in [0.1, 0.15) is 25.8 Å². The van der Waals surface area contributed by atoms with Gasteiger partial charge in [0.2, 0.25) is 10.0 Å². The van der Waals surface area contributed by atoms with E-state index < -0.39 is 22.0 Å². The Morgan fingerprint density at radius 1 is 1.32 bits per heavy atom. The highest BCUT2D eigenvalue weighted by Crippen LogP contribution is 2.11. The molecule has 1 aromatic rings. The van der Waals surface area contributed by atoms with E-state index in [2.05, 4.69) is 4.72 Å². The molecule has 0 saturated carbocycles. The zero-order valence-corrected chi connectivity index (χ0v) is 11.9. The first-order valence-corrected chi connectivity index (χ1v) is 7.77. The third-order valence-corrected chi connectivity index (χ3v) is 4.31. The lowest BCUT2D eigenvalue weighted by atomic mass is 10.0. The maximum absolute atomic E-state index is 12.0. The number of benzene rings is 1. The number of hydrogen-bond acceptors (Lipinski definition) is 3. The summed E-state index contributed by atoms with van der Waals surface area (Å²) in [5.41, 5.74) is 0.628. The van der Waals surface area contributed by atoms with Crippen molar-refractivity contribution in [2.24, 2.45) is 5.92 Å². The molecule has 19 heavy (non-hydrogen) atoms. The van der Waals surface area contributed by atoms with Crippen LogP contribution in [-0.2, 0) is 20.6 Å². The van der Waals surface area contributed by atoms with Gasteiger partial charge in [-0.15, -0.1) is 0 Å². The summed E-state index contributed by atoms with van der Waals surface area (Å²) in [6, 6.07) is 7.58. The third kappa shape index (κ3) is 5.00. The molecule has 0 bridgehead atoms. The van der Waals surface area contributed by atoms with Crippen LogP contribution < -0.4 is 4.72 Å². The monoisotopic (exact) mass is 285 g/mol. The van der Waals surface area contributed by atoms with E-state index in [1.165, 1.54) is 0 Å². The van der Waals surface area contributed by atoms with Gasteiger partial charge in [0.25, 0.3) is 0 Å². The van der Waals surface area contributed by atoms with Gasteiger partial charge < -0.3 is 5.11 Å². The molecule has 0 saturated heterocycles. The molecule has 0 radical (unpaired) electrons. The zero-order chi connectivity index (χ0) is 14.5. The number of hydrogen-bond donors (Lipinski definition) is 2. The van der Waals surface area contributed by atoms with Crippen LogP contribution in [0.3, 0.4) is 0 Å². The predicted molar refractivity (Wildman–Crippen MR) is 73.1 cm³/mol. The van der Waals surface area contributed by atoms with E-state index in [1.807, 2.05) is 6.92 Å². The number of rotatable bonds is 7. The minimum atomic E-state index is -3.66. The van der Waals surface area contributed by atoms with Crippen LogP contribution in [0.25, 0.3) is 0 Å². The molecule has 0 aliphatic heterocycles. The minimum absolute atomic E-state index is 0.214. The van der Waals surface area contributed by atoms with E-state index in [-0.39, 0.29) is 11.7 Å². The molecule has 0 amide bonds. The van der Waals surface area contributed by atoms with E-state index in [1.54, 1.807) is 37.3 Å². The van der Waals surface area contributed by atoms with E-state index >= 15 is 0 Å².